The summed E-state index contributed by atoms with van der Waals surface area (Å²) in [5, 5.41) is 9.97. The Bertz CT molecular complexity index is 1080. The van der Waals surface area contributed by atoms with Gasteiger partial charge < -0.3 is 14.4 Å². The van der Waals surface area contributed by atoms with Crippen LogP contribution in [0.2, 0.25) is 0 Å². The molecule has 6 heteroatoms. The van der Waals surface area contributed by atoms with Crippen LogP contribution in [0, 0.1) is 18.7 Å². The fourth-order valence-electron chi connectivity index (χ4n) is 4.10. The first-order valence-corrected chi connectivity index (χ1v) is 9.73. The fraction of sp³-hybridized carbons (Fsp3) is 0.304. The van der Waals surface area contributed by atoms with Crippen LogP contribution in [0.5, 0.6) is 0 Å². The molecule has 2 heterocycles. The van der Waals surface area contributed by atoms with Crippen LogP contribution in [0.3, 0.4) is 0 Å². The number of fused-ring (bicyclic) bond motifs is 1. The Morgan fingerprint density at radius 1 is 1.17 bits per heavy atom. The van der Waals surface area contributed by atoms with Crippen LogP contribution in [0.1, 0.15) is 44.9 Å². The van der Waals surface area contributed by atoms with E-state index in [1.165, 1.54) is 12.1 Å². The van der Waals surface area contributed by atoms with Crippen molar-refractivity contribution in [3.05, 3.63) is 70.7 Å². The molecule has 150 valence electrons. The Labute approximate surface area is 167 Å². The van der Waals surface area contributed by atoms with Gasteiger partial charge in [0.15, 0.2) is 5.76 Å². The van der Waals surface area contributed by atoms with Crippen molar-refractivity contribution < 1.29 is 23.5 Å². The minimum atomic E-state index is -0.912. The molecule has 0 aliphatic carbocycles. The largest absolute Gasteiger partial charge is 0.478 e. The summed E-state index contributed by atoms with van der Waals surface area (Å²) in [5.41, 5.74) is 2.34. The number of carboxylic acid groups (broad SMARTS) is 1. The molecule has 29 heavy (non-hydrogen) atoms. The van der Waals surface area contributed by atoms with Crippen molar-refractivity contribution in [3.63, 3.8) is 0 Å². The van der Waals surface area contributed by atoms with Crippen molar-refractivity contribution in [2.75, 3.05) is 13.1 Å². The standard InChI is InChI=1S/C23H22FNO4/c1-14-19-13-17(24)6-7-20(19)29-21(14)22(26)25-10-8-15(9-11-25)12-16-4-2-3-5-18(16)23(27)28/h2-7,13,15H,8-12H2,1H3,(H,27,28). The zero-order valence-electron chi connectivity index (χ0n) is 16.2. The Kier molecular flexibility index (Phi) is 5.09. The van der Waals surface area contributed by atoms with E-state index in [2.05, 4.69) is 0 Å². The molecular formula is C23H22FNO4. The molecule has 0 unspecified atom stereocenters. The van der Waals surface area contributed by atoms with E-state index in [-0.39, 0.29) is 17.5 Å². The molecule has 1 saturated heterocycles. The van der Waals surface area contributed by atoms with E-state index in [1.54, 1.807) is 30.0 Å². The second-order valence-electron chi connectivity index (χ2n) is 7.60. The molecule has 1 amide bonds. The number of carbonyl (C=O) groups excluding carboxylic acids is 1. The Morgan fingerprint density at radius 3 is 2.62 bits per heavy atom. The number of benzene rings is 2. The lowest BCUT2D eigenvalue weighted by Gasteiger charge is -2.32. The van der Waals surface area contributed by atoms with Gasteiger partial charge in [-0.05, 0) is 61.9 Å². The zero-order chi connectivity index (χ0) is 20.5. The van der Waals surface area contributed by atoms with Crippen LogP contribution in [0.4, 0.5) is 4.39 Å². The van der Waals surface area contributed by atoms with E-state index in [0.717, 1.165) is 18.4 Å². The predicted octanol–water partition coefficient (Wildman–Crippen LogP) is 4.67. The molecule has 0 spiro atoms. The van der Waals surface area contributed by atoms with Gasteiger partial charge >= 0.3 is 5.97 Å². The quantitative estimate of drug-likeness (QED) is 0.697. The van der Waals surface area contributed by atoms with Crippen LogP contribution >= 0.6 is 0 Å². The third-order valence-corrected chi connectivity index (χ3v) is 5.75. The highest BCUT2D eigenvalue weighted by Gasteiger charge is 2.28. The lowest BCUT2D eigenvalue weighted by atomic mass is 9.88. The molecule has 1 aromatic heterocycles. The van der Waals surface area contributed by atoms with Gasteiger partial charge in [0.2, 0.25) is 0 Å². The van der Waals surface area contributed by atoms with Gasteiger partial charge in [-0.25, -0.2) is 9.18 Å². The number of halogens is 1. The molecule has 0 atom stereocenters. The van der Waals surface area contributed by atoms with E-state index < -0.39 is 5.97 Å². The molecule has 4 rings (SSSR count). The average Bonchev–Trinajstić information content (AvgIpc) is 3.04. The van der Waals surface area contributed by atoms with Crippen molar-refractivity contribution in [2.45, 2.75) is 26.2 Å². The number of piperidine rings is 1. The summed E-state index contributed by atoms with van der Waals surface area (Å²) in [6, 6.07) is 11.3. The monoisotopic (exact) mass is 395 g/mol. The lowest BCUT2D eigenvalue weighted by molar-refractivity contribution is 0.0660. The minimum absolute atomic E-state index is 0.177. The maximum absolute atomic E-state index is 13.5. The molecule has 1 fully saturated rings. The Morgan fingerprint density at radius 2 is 1.90 bits per heavy atom. The van der Waals surface area contributed by atoms with E-state index in [1.807, 2.05) is 12.1 Å². The van der Waals surface area contributed by atoms with Gasteiger partial charge in [-0.15, -0.1) is 0 Å². The number of amides is 1. The molecule has 2 aromatic carbocycles. The number of aryl methyl sites for hydroxylation is 1. The summed E-state index contributed by atoms with van der Waals surface area (Å²) >= 11 is 0. The number of hydrogen-bond acceptors (Lipinski definition) is 3. The number of carbonyl (C=O) groups is 2. The highest BCUT2D eigenvalue weighted by atomic mass is 19.1. The zero-order valence-corrected chi connectivity index (χ0v) is 16.2. The summed E-state index contributed by atoms with van der Waals surface area (Å²) < 4.78 is 19.2. The van der Waals surface area contributed by atoms with Gasteiger partial charge in [0.1, 0.15) is 11.4 Å². The normalized spacial score (nSPS) is 15.0. The van der Waals surface area contributed by atoms with Crippen molar-refractivity contribution >= 4 is 22.8 Å². The predicted molar refractivity (Wildman–Crippen MR) is 107 cm³/mol. The van der Waals surface area contributed by atoms with Crippen LogP contribution in [-0.2, 0) is 6.42 Å². The second kappa shape index (κ2) is 7.70. The summed E-state index contributed by atoms with van der Waals surface area (Å²) in [5.74, 6) is -0.859. The Balaban J connectivity index is 1.44. The number of likely N-dealkylation sites (tertiary alicyclic amines) is 1. The smallest absolute Gasteiger partial charge is 0.335 e. The molecule has 1 N–H and O–H groups in total. The number of aromatic carboxylic acids is 1. The first-order chi connectivity index (χ1) is 13.9. The van der Waals surface area contributed by atoms with Gasteiger partial charge in [0, 0.05) is 24.0 Å². The third kappa shape index (κ3) is 3.75. The first-order valence-electron chi connectivity index (χ1n) is 9.73. The SMILES string of the molecule is Cc1c(C(=O)N2CCC(Cc3ccccc3C(=O)O)CC2)oc2ccc(F)cc12. The number of carboxylic acids is 1. The summed E-state index contributed by atoms with van der Waals surface area (Å²) in [6.07, 6.45) is 2.29. The van der Waals surface area contributed by atoms with E-state index >= 15 is 0 Å². The summed E-state index contributed by atoms with van der Waals surface area (Å²) in [7, 11) is 0. The van der Waals surface area contributed by atoms with Crippen molar-refractivity contribution in [1.29, 1.82) is 0 Å². The maximum atomic E-state index is 13.5. The van der Waals surface area contributed by atoms with E-state index in [0.29, 0.717) is 47.5 Å². The highest BCUT2D eigenvalue weighted by Crippen LogP contribution is 2.29. The molecule has 3 aromatic rings. The lowest BCUT2D eigenvalue weighted by Crippen LogP contribution is -2.39. The maximum Gasteiger partial charge on any atom is 0.335 e. The molecule has 5 nitrogen and oxygen atoms in total. The van der Waals surface area contributed by atoms with Gasteiger partial charge in [0.05, 0.1) is 5.56 Å². The minimum Gasteiger partial charge on any atom is -0.478 e. The number of hydrogen-bond donors (Lipinski definition) is 1. The third-order valence-electron chi connectivity index (χ3n) is 5.75. The van der Waals surface area contributed by atoms with Gasteiger partial charge in [-0.3, -0.25) is 4.79 Å². The fourth-order valence-corrected chi connectivity index (χ4v) is 4.10. The summed E-state index contributed by atoms with van der Waals surface area (Å²) in [4.78, 5) is 26.1. The van der Waals surface area contributed by atoms with Crippen LogP contribution < -0.4 is 0 Å². The molecule has 0 saturated carbocycles. The van der Waals surface area contributed by atoms with Gasteiger partial charge in [-0.2, -0.15) is 0 Å². The average molecular weight is 395 g/mol. The Hall–Kier alpha value is -3.15. The molecule has 1 aliphatic rings. The number of nitrogens with zero attached hydrogens (tertiary/aromatic N) is 1. The molecular weight excluding hydrogens is 373 g/mol. The molecule has 1 aliphatic heterocycles. The van der Waals surface area contributed by atoms with Crippen molar-refractivity contribution in [1.82, 2.24) is 4.90 Å². The first kappa shape index (κ1) is 19.2. The van der Waals surface area contributed by atoms with Crippen LogP contribution in [0.25, 0.3) is 11.0 Å². The van der Waals surface area contributed by atoms with E-state index in [9.17, 15) is 19.1 Å². The summed E-state index contributed by atoms with van der Waals surface area (Å²) in [6.45, 7) is 2.95. The molecule has 0 bridgehead atoms. The number of furan rings is 1. The topological polar surface area (TPSA) is 70.8 Å². The molecule has 0 radical (unpaired) electrons. The van der Waals surface area contributed by atoms with Gasteiger partial charge in [-0.1, -0.05) is 18.2 Å². The van der Waals surface area contributed by atoms with Crippen molar-refractivity contribution in [2.24, 2.45) is 5.92 Å². The second-order valence-corrected chi connectivity index (χ2v) is 7.60. The van der Waals surface area contributed by atoms with E-state index in [4.69, 9.17) is 4.42 Å². The van der Waals surface area contributed by atoms with Crippen molar-refractivity contribution in [3.8, 4) is 0 Å². The highest BCUT2D eigenvalue weighted by molar-refractivity contribution is 5.99. The van der Waals surface area contributed by atoms with Crippen LogP contribution in [0.15, 0.2) is 46.9 Å². The number of rotatable bonds is 4. The van der Waals surface area contributed by atoms with Gasteiger partial charge in [0.25, 0.3) is 5.91 Å². The van der Waals surface area contributed by atoms with Crippen LogP contribution in [-0.4, -0.2) is 35.0 Å².